The van der Waals surface area contributed by atoms with Crippen LogP contribution in [0.4, 0.5) is 0 Å². The van der Waals surface area contributed by atoms with E-state index in [0.29, 0.717) is 40.1 Å². The molecule has 1 atom stereocenters. The number of fused-ring (bicyclic) bond motifs is 5. The lowest BCUT2D eigenvalue weighted by atomic mass is 9.86. The number of rotatable bonds is 1. The van der Waals surface area contributed by atoms with E-state index in [-0.39, 0.29) is 18.6 Å². The number of pyridine rings is 2. The number of aromatic nitrogens is 2. The highest BCUT2D eigenvalue weighted by Crippen LogP contribution is 2.38. The molecule has 1 unspecified atom stereocenters. The Hall–Kier alpha value is -3.50. The second-order valence-electron chi connectivity index (χ2n) is 7.12. The van der Waals surface area contributed by atoms with Gasteiger partial charge in [0, 0.05) is 16.5 Å². The second-order valence-corrected chi connectivity index (χ2v) is 7.12. The predicted molar refractivity (Wildman–Crippen MR) is 99.2 cm³/mol. The SMILES string of the molecule is CCC1(O)C(=O)OCc2c1cc1n(c2=O)Cc2cc3ccc(C#N)cc3nc2-1. The predicted octanol–water partition coefficient (Wildman–Crippen LogP) is 1.95. The topological polar surface area (TPSA) is 105 Å². The molecule has 7 nitrogen and oxygen atoms in total. The number of nitriles is 1. The summed E-state index contributed by atoms with van der Waals surface area (Å²) in [4.78, 5) is 29.9. The molecular formula is C21H15N3O4. The van der Waals surface area contributed by atoms with Crippen LogP contribution in [0.1, 0.15) is 35.6 Å². The van der Waals surface area contributed by atoms with Crippen molar-refractivity contribution in [3.05, 3.63) is 62.9 Å². The molecule has 7 heteroatoms. The third kappa shape index (κ3) is 2.03. The highest BCUT2D eigenvalue weighted by Gasteiger charge is 2.45. The van der Waals surface area contributed by atoms with Gasteiger partial charge in [0.15, 0.2) is 5.60 Å². The minimum absolute atomic E-state index is 0.102. The van der Waals surface area contributed by atoms with Gasteiger partial charge in [-0.1, -0.05) is 13.0 Å². The van der Waals surface area contributed by atoms with Gasteiger partial charge >= 0.3 is 5.97 Å². The monoisotopic (exact) mass is 373 g/mol. The van der Waals surface area contributed by atoms with Crippen molar-refractivity contribution in [3.8, 4) is 17.5 Å². The van der Waals surface area contributed by atoms with E-state index in [4.69, 9.17) is 10.00 Å². The summed E-state index contributed by atoms with van der Waals surface area (Å²) < 4.78 is 6.66. The number of hydrogen-bond donors (Lipinski definition) is 1. The Balaban J connectivity index is 1.79. The van der Waals surface area contributed by atoms with Gasteiger partial charge in [-0.25, -0.2) is 9.78 Å². The lowest BCUT2D eigenvalue weighted by Gasteiger charge is -2.31. The number of hydrogen-bond acceptors (Lipinski definition) is 6. The minimum Gasteiger partial charge on any atom is -0.458 e. The number of aliphatic hydroxyl groups is 1. The molecule has 1 aromatic carbocycles. The molecule has 0 radical (unpaired) electrons. The van der Waals surface area contributed by atoms with E-state index in [1.165, 1.54) is 0 Å². The average molecular weight is 373 g/mol. The van der Waals surface area contributed by atoms with Gasteiger partial charge in [0.05, 0.1) is 40.6 Å². The van der Waals surface area contributed by atoms with Crippen LogP contribution < -0.4 is 5.56 Å². The van der Waals surface area contributed by atoms with Crippen molar-refractivity contribution in [2.75, 3.05) is 0 Å². The molecule has 0 saturated carbocycles. The van der Waals surface area contributed by atoms with E-state index in [1.807, 2.05) is 12.1 Å². The summed E-state index contributed by atoms with van der Waals surface area (Å²) in [5, 5.41) is 20.9. The van der Waals surface area contributed by atoms with Crippen LogP contribution >= 0.6 is 0 Å². The molecule has 0 fully saturated rings. The van der Waals surface area contributed by atoms with Crippen molar-refractivity contribution in [3.63, 3.8) is 0 Å². The fraction of sp³-hybridized carbons (Fsp3) is 0.238. The van der Waals surface area contributed by atoms with Gasteiger partial charge in [-0.3, -0.25) is 4.79 Å². The van der Waals surface area contributed by atoms with Gasteiger partial charge in [-0.2, -0.15) is 5.26 Å². The summed E-state index contributed by atoms with van der Waals surface area (Å²) in [6, 6.07) is 11.0. The third-order valence-electron chi connectivity index (χ3n) is 5.64. The summed E-state index contributed by atoms with van der Waals surface area (Å²) in [5.41, 5.74) is 1.70. The van der Waals surface area contributed by atoms with E-state index in [0.717, 1.165) is 10.9 Å². The van der Waals surface area contributed by atoms with E-state index >= 15 is 0 Å². The van der Waals surface area contributed by atoms with Crippen molar-refractivity contribution < 1.29 is 14.6 Å². The molecule has 2 aromatic heterocycles. The summed E-state index contributed by atoms with van der Waals surface area (Å²) in [5.74, 6) is -0.741. The van der Waals surface area contributed by atoms with Crippen LogP contribution in [0.5, 0.6) is 0 Å². The van der Waals surface area contributed by atoms with E-state index in [1.54, 1.807) is 29.7 Å². The van der Waals surface area contributed by atoms with Crippen molar-refractivity contribution in [1.82, 2.24) is 9.55 Å². The highest BCUT2D eigenvalue weighted by atomic mass is 16.6. The van der Waals surface area contributed by atoms with Crippen LogP contribution in [0.15, 0.2) is 35.1 Å². The maximum atomic E-state index is 13.1. The Morgan fingerprint density at radius 2 is 2.14 bits per heavy atom. The molecule has 0 spiro atoms. The molecule has 2 aliphatic rings. The Kier molecular flexibility index (Phi) is 3.27. The highest BCUT2D eigenvalue weighted by molar-refractivity contribution is 5.86. The molecule has 138 valence electrons. The van der Waals surface area contributed by atoms with Crippen molar-refractivity contribution in [1.29, 1.82) is 5.26 Å². The second kappa shape index (κ2) is 5.50. The molecule has 0 aliphatic carbocycles. The van der Waals surface area contributed by atoms with E-state index in [2.05, 4.69) is 11.1 Å². The fourth-order valence-electron chi connectivity index (χ4n) is 4.05. The van der Waals surface area contributed by atoms with Crippen LogP contribution in [0.3, 0.4) is 0 Å². The first-order valence-corrected chi connectivity index (χ1v) is 8.97. The molecule has 1 N–H and O–H groups in total. The number of carbonyl (C=O) groups excluding carboxylic acids is 1. The van der Waals surface area contributed by atoms with Gasteiger partial charge in [-0.15, -0.1) is 0 Å². The molecule has 0 saturated heterocycles. The quantitative estimate of drug-likeness (QED) is 0.511. The maximum Gasteiger partial charge on any atom is 0.343 e. The molecular weight excluding hydrogens is 358 g/mol. The number of cyclic esters (lactones) is 1. The molecule has 0 bridgehead atoms. The third-order valence-corrected chi connectivity index (χ3v) is 5.64. The fourth-order valence-corrected chi connectivity index (χ4v) is 4.05. The van der Waals surface area contributed by atoms with E-state index in [9.17, 15) is 14.7 Å². The summed E-state index contributed by atoms with van der Waals surface area (Å²) in [7, 11) is 0. The lowest BCUT2D eigenvalue weighted by molar-refractivity contribution is -0.172. The number of benzene rings is 1. The van der Waals surface area contributed by atoms with Crippen LogP contribution in [-0.4, -0.2) is 20.6 Å². The van der Waals surface area contributed by atoms with Crippen LogP contribution in [0.25, 0.3) is 22.3 Å². The molecule has 28 heavy (non-hydrogen) atoms. The van der Waals surface area contributed by atoms with Crippen LogP contribution in [0, 0.1) is 11.3 Å². The molecule has 3 aromatic rings. The Labute approximate surface area is 159 Å². The minimum atomic E-state index is -1.84. The zero-order valence-electron chi connectivity index (χ0n) is 15.0. The zero-order chi connectivity index (χ0) is 19.6. The Bertz CT molecular complexity index is 1300. The van der Waals surface area contributed by atoms with Gasteiger partial charge < -0.3 is 14.4 Å². The van der Waals surface area contributed by atoms with Crippen molar-refractivity contribution in [2.24, 2.45) is 0 Å². The Morgan fingerprint density at radius 3 is 2.89 bits per heavy atom. The molecule has 2 aliphatic heterocycles. The number of esters is 1. The van der Waals surface area contributed by atoms with Gasteiger partial charge in [-0.05, 0) is 30.7 Å². The Morgan fingerprint density at radius 1 is 1.32 bits per heavy atom. The normalized spacial score (nSPS) is 19.5. The molecule has 0 amide bonds. The first-order chi connectivity index (χ1) is 13.5. The van der Waals surface area contributed by atoms with E-state index < -0.39 is 11.6 Å². The largest absolute Gasteiger partial charge is 0.458 e. The van der Waals surface area contributed by atoms with Crippen LogP contribution in [0.2, 0.25) is 0 Å². The summed E-state index contributed by atoms with van der Waals surface area (Å²) in [6.45, 7) is 1.88. The number of carbonyl (C=O) groups is 1. The van der Waals surface area contributed by atoms with Gasteiger partial charge in [0.25, 0.3) is 5.56 Å². The first-order valence-electron chi connectivity index (χ1n) is 8.97. The standard InChI is InChI=1S/C21H15N3O4/c1-2-21(27)15-7-17-18-13(6-12-4-3-11(8-22)5-16(12)23-18)9-24(17)19(25)14(15)10-28-20(21)26/h3-7,27H,2,9-10H2,1H3. The smallest absolute Gasteiger partial charge is 0.343 e. The first kappa shape index (κ1) is 16.7. The lowest BCUT2D eigenvalue weighted by Crippen LogP contribution is -2.44. The zero-order valence-corrected chi connectivity index (χ0v) is 15.0. The van der Waals surface area contributed by atoms with Gasteiger partial charge in [0.2, 0.25) is 0 Å². The average Bonchev–Trinajstić information content (AvgIpc) is 3.07. The number of nitrogens with zero attached hydrogens (tertiary/aromatic N) is 3. The van der Waals surface area contributed by atoms with Crippen molar-refractivity contribution >= 4 is 16.9 Å². The van der Waals surface area contributed by atoms with Crippen molar-refractivity contribution in [2.45, 2.75) is 32.1 Å². The maximum absolute atomic E-state index is 13.1. The molecule has 5 rings (SSSR count). The number of ether oxygens (including phenoxy) is 1. The summed E-state index contributed by atoms with van der Waals surface area (Å²) >= 11 is 0. The van der Waals surface area contributed by atoms with Gasteiger partial charge in [0.1, 0.15) is 6.61 Å². The summed E-state index contributed by atoms with van der Waals surface area (Å²) in [6.07, 6.45) is 0.102. The van der Waals surface area contributed by atoms with Crippen LogP contribution in [-0.2, 0) is 28.3 Å². The molecule has 4 heterocycles.